The highest BCUT2D eigenvalue weighted by Crippen LogP contribution is 2.65. The van der Waals surface area contributed by atoms with E-state index in [1.54, 1.807) is 11.3 Å². The first-order chi connectivity index (χ1) is 11.1. The second kappa shape index (κ2) is 5.40. The van der Waals surface area contributed by atoms with Crippen LogP contribution < -0.4 is 0 Å². The molecule has 0 bridgehead atoms. The average molecular weight is 331 g/mol. The molecule has 0 spiro atoms. The first kappa shape index (κ1) is 14.8. The minimum absolute atomic E-state index is 0.0300. The molecule has 0 amide bonds. The molecule has 1 saturated carbocycles. The van der Waals surface area contributed by atoms with Gasteiger partial charge in [-0.05, 0) is 17.0 Å². The van der Waals surface area contributed by atoms with Crippen molar-refractivity contribution in [3.8, 4) is 0 Å². The van der Waals surface area contributed by atoms with Crippen LogP contribution in [0.15, 0.2) is 47.8 Å². The summed E-state index contributed by atoms with van der Waals surface area (Å²) in [5, 5.41) is 23.8. The third-order valence-corrected chi connectivity index (χ3v) is 6.27. The Hall–Kier alpha value is -1.76. The molecule has 2 fully saturated rings. The van der Waals surface area contributed by atoms with Gasteiger partial charge in [0.1, 0.15) is 6.61 Å². The highest BCUT2D eigenvalue weighted by atomic mass is 32.1. The Morgan fingerprint density at radius 1 is 1.26 bits per heavy atom. The minimum Gasteiger partial charge on any atom is -0.368 e. The lowest BCUT2D eigenvalue weighted by molar-refractivity contribution is -0.620. The summed E-state index contributed by atoms with van der Waals surface area (Å²) < 4.78 is 5.31. The molecule has 5 nitrogen and oxygen atoms in total. The lowest BCUT2D eigenvalue weighted by Crippen LogP contribution is -2.69. The van der Waals surface area contributed by atoms with Gasteiger partial charge < -0.3 is 9.84 Å². The van der Waals surface area contributed by atoms with Crippen LogP contribution in [-0.4, -0.2) is 28.5 Å². The molecule has 5 atom stereocenters. The number of nitro groups is 1. The lowest BCUT2D eigenvalue weighted by Gasteiger charge is -2.57. The van der Waals surface area contributed by atoms with Gasteiger partial charge in [0.25, 0.3) is 5.54 Å². The maximum atomic E-state index is 12.0. The molecule has 1 aliphatic heterocycles. The molecule has 1 unspecified atom stereocenters. The van der Waals surface area contributed by atoms with Crippen LogP contribution in [0.1, 0.15) is 28.7 Å². The standard InChI is InChI=1S/C17H17NO4S/c19-14-9-12-15(11-5-2-1-3-6-11)16(13-7-4-8-23-13)17(12,10-22-14)18(20)21/h1-8,12,14-16,19H,9-10H2/t12-,14?,15-,16+,17+/m0/s1. The largest absolute Gasteiger partial charge is 0.368 e. The minimum atomic E-state index is -1.13. The van der Waals surface area contributed by atoms with Gasteiger partial charge in [0, 0.05) is 28.1 Å². The van der Waals surface area contributed by atoms with E-state index in [1.807, 2.05) is 47.8 Å². The highest BCUT2D eigenvalue weighted by molar-refractivity contribution is 7.10. The molecular weight excluding hydrogens is 314 g/mol. The van der Waals surface area contributed by atoms with Gasteiger partial charge >= 0.3 is 0 Å². The van der Waals surface area contributed by atoms with Crippen molar-refractivity contribution in [1.29, 1.82) is 0 Å². The molecule has 6 heteroatoms. The number of thiophene rings is 1. The smallest absolute Gasteiger partial charge is 0.256 e. The van der Waals surface area contributed by atoms with Crippen molar-refractivity contribution >= 4 is 11.3 Å². The third kappa shape index (κ3) is 2.06. The maximum Gasteiger partial charge on any atom is 0.256 e. The molecule has 120 valence electrons. The second-order valence-corrected chi connectivity index (χ2v) is 7.27. The Balaban J connectivity index is 1.82. The number of rotatable bonds is 3. The van der Waals surface area contributed by atoms with E-state index in [9.17, 15) is 15.2 Å². The Morgan fingerprint density at radius 2 is 2.04 bits per heavy atom. The Kier molecular flexibility index (Phi) is 3.48. The van der Waals surface area contributed by atoms with Gasteiger partial charge in [-0.25, -0.2) is 0 Å². The van der Waals surface area contributed by atoms with Crippen molar-refractivity contribution in [3.05, 3.63) is 68.4 Å². The lowest BCUT2D eigenvalue weighted by atomic mass is 9.48. The van der Waals surface area contributed by atoms with E-state index >= 15 is 0 Å². The summed E-state index contributed by atoms with van der Waals surface area (Å²) in [4.78, 5) is 12.8. The predicted octanol–water partition coefficient (Wildman–Crippen LogP) is 3.00. The average Bonchev–Trinajstić information content (AvgIpc) is 3.04. The van der Waals surface area contributed by atoms with E-state index in [0.717, 1.165) is 10.4 Å². The van der Waals surface area contributed by atoms with Crippen LogP contribution >= 0.6 is 11.3 Å². The molecule has 1 aromatic carbocycles. The molecule has 2 aliphatic rings. The second-order valence-electron chi connectivity index (χ2n) is 6.29. The number of nitrogens with zero attached hydrogens (tertiary/aromatic N) is 1. The van der Waals surface area contributed by atoms with Crippen molar-refractivity contribution in [2.24, 2.45) is 5.92 Å². The molecule has 2 heterocycles. The van der Waals surface area contributed by atoms with Gasteiger partial charge in [0.05, 0.1) is 5.92 Å². The van der Waals surface area contributed by atoms with E-state index in [0.29, 0.717) is 6.42 Å². The van der Waals surface area contributed by atoms with Crippen molar-refractivity contribution in [1.82, 2.24) is 0 Å². The number of aliphatic hydroxyl groups excluding tert-OH is 1. The summed E-state index contributed by atoms with van der Waals surface area (Å²) >= 11 is 1.56. The number of benzene rings is 1. The van der Waals surface area contributed by atoms with Crippen molar-refractivity contribution in [2.75, 3.05) is 6.61 Å². The monoisotopic (exact) mass is 331 g/mol. The van der Waals surface area contributed by atoms with E-state index in [1.165, 1.54) is 0 Å². The van der Waals surface area contributed by atoms with E-state index in [-0.39, 0.29) is 29.3 Å². The summed E-state index contributed by atoms with van der Waals surface area (Å²) in [6.45, 7) is -0.0300. The number of ether oxygens (including phenoxy) is 1. The van der Waals surface area contributed by atoms with Crippen LogP contribution in [0.4, 0.5) is 0 Å². The van der Waals surface area contributed by atoms with Crippen molar-refractivity contribution < 1.29 is 14.8 Å². The van der Waals surface area contributed by atoms with Crippen LogP contribution in [0, 0.1) is 16.0 Å². The van der Waals surface area contributed by atoms with E-state index < -0.39 is 11.8 Å². The van der Waals surface area contributed by atoms with Crippen LogP contribution in [0.25, 0.3) is 0 Å². The van der Waals surface area contributed by atoms with E-state index in [4.69, 9.17) is 4.74 Å². The Morgan fingerprint density at radius 3 is 2.70 bits per heavy atom. The summed E-state index contributed by atoms with van der Waals surface area (Å²) in [7, 11) is 0. The zero-order valence-corrected chi connectivity index (χ0v) is 13.2. The van der Waals surface area contributed by atoms with Gasteiger partial charge in [0.15, 0.2) is 6.29 Å². The van der Waals surface area contributed by atoms with Crippen LogP contribution in [0.5, 0.6) is 0 Å². The summed E-state index contributed by atoms with van der Waals surface area (Å²) in [6.07, 6.45) is -0.605. The highest BCUT2D eigenvalue weighted by Gasteiger charge is 2.73. The predicted molar refractivity (Wildman–Crippen MR) is 86.0 cm³/mol. The number of fused-ring (bicyclic) bond motifs is 1. The molecule has 0 radical (unpaired) electrons. The third-order valence-electron chi connectivity index (χ3n) is 5.31. The van der Waals surface area contributed by atoms with Gasteiger partial charge in [-0.2, -0.15) is 0 Å². The summed E-state index contributed by atoms with van der Waals surface area (Å²) in [5.41, 5.74) is -0.0348. The Bertz CT molecular complexity index is 705. The fraction of sp³-hybridized carbons (Fsp3) is 0.412. The van der Waals surface area contributed by atoms with Crippen molar-refractivity contribution in [2.45, 2.75) is 30.1 Å². The molecule has 2 aromatic rings. The first-order valence-electron chi connectivity index (χ1n) is 7.67. The van der Waals surface area contributed by atoms with Gasteiger partial charge in [-0.1, -0.05) is 36.4 Å². The van der Waals surface area contributed by atoms with Gasteiger partial charge in [-0.15, -0.1) is 11.3 Å². The van der Waals surface area contributed by atoms with E-state index in [2.05, 4.69) is 0 Å². The van der Waals surface area contributed by atoms with Gasteiger partial charge in [0.2, 0.25) is 0 Å². The first-order valence-corrected chi connectivity index (χ1v) is 8.55. The van der Waals surface area contributed by atoms with Crippen LogP contribution in [-0.2, 0) is 4.74 Å². The topological polar surface area (TPSA) is 72.6 Å². The van der Waals surface area contributed by atoms with Gasteiger partial charge in [-0.3, -0.25) is 10.1 Å². The number of hydrogen-bond donors (Lipinski definition) is 1. The maximum absolute atomic E-state index is 12.0. The zero-order valence-electron chi connectivity index (χ0n) is 12.4. The normalized spacial score (nSPS) is 36.0. The molecule has 1 aromatic heterocycles. The zero-order chi connectivity index (χ0) is 16.0. The SMILES string of the molecule is O=[N+]([O-])[C@]12COC(O)C[C@H]1[C@H](c1ccccc1)[C@H]2c1cccs1. The fourth-order valence-electron chi connectivity index (χ4n) is 4.32. The summed E-state index contributed by atoms with van der Waals surface area (Å²) in [6, 6.07) is 13.8. The number of aliphatic hydroxyl groups is 1. The van der Waals surface area contributed by atoms with Crippen LogP contribution in [0.3, 0.4) is 0 Å². The van der Waals surface area contributed by atoms with Crippen LogP contribution in [0.2, 0.25) is 0 Å². The van der Waals surface area contributed by atoms with Crippen molar-refractivity contribution in [3.63, 3.8) is 0 Å². The molecule has 23 heavy (non-hydrogen) atoms. The molecule has 1 saturated heterocycles. The quantitative estimate of drug-likeness (QED) is 0.693. The Labute approximate surface area is 137 Å². The molecule has 4 rings (SSSR count). The molecule has 1 aliphatic carbocycles. The summed E-state index contributed by atoms with van der Waals surface area (Å²) in [5.74, 6) is -0.382. The fourth-order valence-corrected chi connectivity index (χ4v) is 5.29. The molecule has 1 N–H and O–H groups in total. The number of hydrogen-bond acceptors (Lipinski definition) is 5. The molecular formula is C17H17NO4S.